The summed E-state index contributed by atoms with van der Waals surface area (Å²) in [5.74, 6) is -0.486. The molecule has 0 saturated carbocycles. The Kier molecular flexibility index (Phi) is 4.46. The third-order valence-electron chi connectivity index (χ3n) is 2.84. The number of nitrogen functional groups attached to an aromatic ring is 1. The van der Waals surface area contributed by atoms with Crippen LogP contribution in [0.5, 0.6) is 0 Å². The van der Waals surface area contributed by atoms with E-state index in [0.29, 0.717) is 12.1 Å². The van der Waals surface area contributed by atoms with Crippen molar-refractivity contribution in [1.82, 2.24) is 4.98 Å². The average Bonchev–Trinajstić information content (AvgIpc) is 2.37. The first kappa shape index (κ1) is 14.2. The lowest BCUT2D eigenvalue weighted by atomic mass is 9.98. The van der Waals surface area contributed by atoms with E-state index in [1.54, 1.807) is 6.92 Å². The first-order chi connectivity index (χ1) is 8.48. The van der Waals surface area contributed by atoms with E-state index in [2.05, 4.69) is 10.3 Å². The van der Waals surface area contributed by atoms with E-state index < -0.39 is 11.4 Å². The minimum atomic E-state index is -0.951. The van der Waals surface area contributed by atoms with E-state index in [1.165, 1.54) is 12.3 Å². The predicted octanol–water partition coefficient (Wildman–Crippen LogP) is -0.692. The van der Waals surface area contributed by atoms with Gasteiger partial charge in [-0.2, -0.15) is 0 Å². The summed E-state index contributed by atoms with van der Waals surface area (Å²) in [6.45, 7) is 1.19. The normalized spacial score (nSPS) is 11.3. The molecule has 0 bridgehead atoms. The predicted molar refractivity (Wildman–Crippen MR) is 68.0 cm³/mol. The summed E-state index contributed by atoms with van der Waals surface area (Å²) in [4.78, 5) is 15.3. The largest absolute Gasteiger partial charge is 0.397 e. The summed E-state index contributed by atoms with van der Waals surface area (Å²) in [5, 5.41) is 21.5. The van der Waals surface area contributed by atoms with Crippen molar-refractivity contribution in [2.75, 3.05) is 24.3 Å². The van der Waals surface area contributed by atoms with Crippen molar-refractivity contribution in [3.05, 3.63) is 17.8 Å². The number of hydrogen-bond donors (Lipinski definition) is 5. The minimum absolute atomic E-state index is 0.120. The zero-order valence-corrected chi connectivity index (χ0v) is 10.2. The van der Waals surface area contributed by atoms with Gasteiger partial charge in [0, 0.05) is 0 Å². The third-order valence-corrected chi connectivity index (χ3v) is 2.84. The molecule has 0 aromatic carbocycles. The topological polar surface area (TPSA) is 134 Å². The fourth-order valence-electron chi connectivity index (χ4n) is 1.46. The van der Waals surface area contributed by atoms with Crippen LogP contribution in [0.15, 0.2) is 12.3 Å². The zero-order chi connectivity index (χ0) is 13.8. The monoisotopic (exact) mass is 254 g/mol. The van der Waals surface area contributed by atoms with Gasteiger partial charge in [0.1, 0.15) is 5.82 Å². The maximum atomic E-state index is 11.3. The molecule has 18 heavy (non-hydrogen) atoms. The quantitative estimate of drug-likeness (QED) is 0.456. The van der Waals surface area contributed by atoms with E-state index in [0.717, 1.165) is 0 Å². The molecule has 0 atom stereocenters. The van der Waals surface area contributed by atoms with Crippen LogP contribution in [0.25, 0.3) is 0 Å². The minimum Gasteiger partial charge on any atom is -0.397 e. The lowest BCUT2D eigenvalue weighted by Gasteiger charge is -2.30. The van der Waals surface area contributed by atoms with Crippen molar-refractivity contribution in [3.63, 3.8) is 0 Å². The van der Waals surface area contributed by atoms with E-state index in [1.807, 2.05) is 0 Å². The molecular formula is C11H18N4O3. The van der Waals surface area contributed by atoms with Crippen molar-refractivity contribution in [2.45, 2.75) is 18.9 Å². The zero-order valence-electron chi connectivity index (χ0n) is 10.2. The maximum absolute atomic E-state index is 11.3. The number of pyridine rings is 1. The summed E-state index contributed by atoms with van der Waals surface area (Å²) < 4.78 is 0. The van der Waals surface area contributed by atoms with Gasteiger partial charge in [0.15, 0.2) is 0 Å². The number of hydrogen-bond acceptors (Lipinski definition) is 6. The molecule has 7 N–H and O–H groups in total. The van der Waals surface area contributed by atoms with E-state index in [9.17, 15) is 15.0 Å². The lowest BCUT2D eigenvalue weighted by molar-refractivity contribution is 0.0999. The van der Waals surface area contributed by atoms with Gasteiger partial charge in [-0.3, -0.25) is 4.79 Å². The van der Waals surface area contributed by atoms with Gasteiger partial charge in [0.05, 0.1) is 36.2 Å². The summed E-state index contributed by atoms with van der Waals surface area (Å²) >= 11 is 0. The molecule has 0 unspecified atom stereocenters. The van der Waals surface area contributed by atoms with E-state index >= 15 is 0 Å². The lowest BCUT2D eigenvalue weighted by Crippen LogP contribution is -2.46. The van der Waals surface area contributed by atoms with Crippen LogP contribution in [0, 0.1) is 0 Å². The molecule has 7 nitrogen and oxygen atoms in total. The fraction of sp³-hybridized carbons (Fsp3) is 0.455. The van der Waals surface area contributed by atoms with Gasteiger partial charge in [-0.25, -0.2) is 4.98 Å². The molecule has 0 spiro atoms. The number of carbonyl (C=O) groups excluding carboxylic acids is 1. The number of aromatic nitrogens is 1. The SMILES string of the molecule is CCC(CO)(CO)Nc1ncc(N)cc1C(N)=O. The Hall–Kier alpha value is -1.86. The Morgan fingerprint density at radius 1 is 1.50 bits per heavy atom. The van der Waals surface area contributed by atoms with Crippen LogP contribution in [-0.2, 0) is 0 Å². The van der Waals surface area contributed by atoms with Crippen molar-refractivity contribution in [3.8, 4) is 0 Å². The molecule has 1 amide bonds. The van der Waals surface area contributed by atoms with Crippen LogP contribution in [-0.4, -0.2) is 39.9 Å². The number of aliphatic hydroxyl groups excluding tert-OH is 2. The van der Waals surface area contributed by atoms with Crippen LogP contribution >= 0.6 is 0 Å². The number of nitrogens with two attached hydrogens (primary N) is 2. The Morgan fingerprint density at radius 2 is 2.11 bits per heavy atom. The molecule has 0 fully saturated rings. The molecule has 0 radical (unpaired) electrons. The third kappa shape index (κ3) is 2.88. The number of primary amides is 1. The van der Waals surface area contributed by atoms with Crippen LogP contribution < -0.4 is 16.8 Å². The highest BCUT2D eigenvalue weighted by molar-refractivity contribution is 5.98. The molecule has 7 heteroatoms. The summed E-state index contributed by atoms with van der Waals surface area (Å²) in [7, 11) is 0. The average molecular weight is 254 g/mol. The number of carbonyl (C=O) groups is 1. The van der Waals surface area contributed by atoms with E-state index in [4.69, 9.17) is 11.5 Å². The maximum Gasteiger partial charge on any atom is 0.252 e. The van der Waals surface area contributed by atoms with Gasteiger partial charge in [-0.1, -0.05) is 6.92 Å². The second kappa shape index (κ2) is 5.65. The first-order valence-corrected chi connectivity index (χ1v) is 5.53. The van der Waals surface area contributed by atoms with E-state index in [-0.39, 0.29) is 24.6 Å². The molecule has 1 rings (SSSR count). The Balaban J connectivity index is 3.13. The molecule has 0 aliphatic carbocycles. The Morgan fingerprint density at radius 3 is 2.56 bits per heavy atom. The number of amides is 1. The van der Waals surface area contributed by atoms with Crippen LogP contribution in [0.3, 0.4) is 0 Å². The Labute approximate surface area is 105 Å². The van der Waals surface area contributed by atoms with Crippen molar-refractivity contribution in [2.24, 2.45) is 5.73 Å². The second-order valence-electron chi connectivity index (χ2n) is 4.10. The van der Waals surface area contributed by atoms with Crippen molar-refractivity contribution >= 4 is 17.4 Å². The highest BCUT2D eigenvalue weighted by atomic mass is 16.3. The van der Waals surface area contributed by atoms with Gasteiger partial charge in [0.25, 0.3) is 5.91 Å². The first-order valence-electron chi connectivity index (χ1n) is 5.53. The Bertz CT molecular complexity index is 424. The number of anilines is 2. The van der Waals surface area contributed by atoms with Gasteiger partial charge in [-0.15, -0.1) is 0 Å². The number of rotatable bonds is 6. The smallest absolute Gasteiger partial charge is 0.252 e. The molecule has 0 aliphatic rings. The van der Waals surface area contributed by atoms with Gasteiger partial charge < -0.3 is 27.0 Å². The molecule has 1 aromatic rings. The summed E-state index contributed by atoms with van der Waals surface area (Å²) in [6, 6.07) is 1.40. The molecule has 100 valence electrons. The second-order valence-corrected chi connectivity index (χ2v) is 4.10. The van der Waals surface area contributed by atoms with Crippen molar-refractivity contribution < 1.29 is 15.0 Å². The van der Waals surface area contributed by atoms with Gasteiger partial charge in [0.2, 0.25) is 0 Å². The fourth-order valence-corrected chi connectivity index (χ4v) is 1.46. The van der Waals surface area contributed by atoms with Crippen LogP contribution in [0.1, 0.15) is 23.7 Å². The number of aliphatic hydroxyl groups is 2. The molecule has 0 saturated heterocycles. The van der Waals surface area contributed by atoms with Crippen molar-refractivity contribution in [1.29, 1.82) is 0 Å². The standard InChI is InChI=1S/C11H18N4O3/c1-2-11(5-16,6-17)15-10-8(9(13)18)3-7(12)4-14-10/h3-4,16-17H,2,5-6,12H2,1H3,(H2,13,18)(H,14,15). The van der Waals surface area contributed by atoms with Crippen LogP contribution in [0.2, 0.25) is 0 Å². The van der Waals surface area contributed by atoms with Crippen LogP contribution in [0.4, 0.5) is 11.5 Å². The summed E-state index contributed by atoms with van der Waals surface area (Å²) in [5.41, 5.74) is 10.2. The highest BCUT2D eigenvalue weighted by Gasteiger charge is 2.28. The number of nitrogens with zero attached hydrogens (tertiary/aromatic N) is 1. The van der Waals surface area contributed by atoms with Gasteiger partial charge in [-0.05, 0) is 12.5 Å². The number of nitrogens with one attached hydrogen (secondary N) is 1. The molecule has 0 aliphatic heterocycles. The molecule has 1 aromatic heterocycles. The molecule has 1 heterocycles. The summed E-state index contributed by atoms with van der Waals surface area (Å²) in [6.07, 6.45) is 1.81. The molecular weight excluding hydrogens is 236 g/mol. The highest BCUT2D eigenvalue weighted by Crippen LogP contribution is 2.21. The van der Waals surface area contributed by atoms with Gasteiger partial charge >= 0.3 is 0 Å².